The maximum absolute atomic E-state index is 12.3. The number of halogens is 1. The normalized spacial score (nSPS) is 17.7. The van der Waals surface area contributed by atoms with E-state index < -0.39 is 11.0 Å². The third kappa shape index (κ3) is 3.10. The Kier molecular flexibility index (Phi) is 3.88. The van der Waals surface area contributed by atoms with Gasteiger partial charge in [0.05, 0.1) is 11.0 Å². The standard InChI is InChI=1S/C15H20ClNO2/c1-14(2,11-5-3-6-12(16)9-11)13(18)17-10-15(19)7-4-8-15/h3,5-6,9,19H,4,7-8,10H2,1-2H3,(H,17,18). The van der Waals surface area contributed by atoms with Crippen LogP contribution in [-0.4, -0.2) is 23.2 Å². The zero-order valence-corrected chi connectivity index (χ0v) is 12.1. The Balaban J connectivity index is 2.04. The van der Waals surface area contributed by atoms with Gasteiger partial charge in [-0.25, -0.2) is 0 Å². The summed E-state index contributed by atoms with van der Waals surface area (Å²) >= 11 is 5.97. The average Bonchev–Trinajstić information content (AvgIpc) is 2.33. The van der Waals surface area contributed by atoms with Crippen molar-refractivity contribution in [1.29, 1.82) is 0 Å². The summed E-state index contributed by atoms with van der Waals surface area (Å²) in [6.07, 6.45) is 2.57. The number of carbonyl (C=O) groups excluding carboxylic acids is 1. The molecule has 0 spiro atoms. The van der Waals surface area contributed by atoms with E-state index in [0.717, 1.165) is 24.8 Å². The van der Waals surface area contributed by atoms with Crippen LogP contribution in [0.25, 0.3) is 0 Å². The fourth-order valence-corrected chi connectivity index (χ4v) is 2.43. The van der Waals surface area contributed by atoms with Crippen LogP contribution in [0.5, 0.6) is 0 Å². The zero-order valence-electron chi connectivity index (χ0n) is 11.4. The Morgan fingerprint density at radius 2 is 2.16 bits per heavy atom. The minimum atomic E-state index is -0.694. The van der Waals surface area contributed by atoms with E-state index in [9.17, 15) is 9.90 Å². The Hall–Kier alpha value is -1.06. The van der Waals surface area contributed by atoms with Gasteiger partial charge in [-0.05, 0) is 50.8 Å². The van der Waals surface area contributed by atoms with Crippen molar-refractivity contribution in [2.45, 2.75) is 44.1 Å². The van der Waals surface area contributed by atoms with Gasteiger partial charge in [0, 0.05) is 11.6 Å². The lowest BCUT2D eigenvalue weighted by atomic mass is 9.79. The van der Waals surface area contributed by atoms with Crippen LogP contribution in [0.1, 0.15) is 38.7 Å². The van der Waals surface area contributed by atoms with Gasteiger partial charge in [0.2, 0.25) is 5.91 Å². The molecule has 1 aliphatic rings. The van der Waals surface area contributed by atoms with Gasteiger partial charge in [-0.3, -0.25) is 4.79 Å². The first-order chi connectivity index (χ1) is 8.83. The van der Waals surface area contributed by atoms with Crippen LogP contribution >= 0.6 is 11.6 Å². The van der Waals surface area contributed by atoms with E-state index in [1.807, 2.05) is 26.0 Å². The summed E-state index contributed by atoms with van der Waals surface area (Å²) in [5.41, 5.74) is -0.483. The fourth-order valence-electron chi connectivity index (χ4n) is 2.24. The highest BCUT2D eigenvalue weighted by Crippen LogP contribution is 2.31. The molecular formula is C15H20ClNO2. The molecule has 0 heterocycles. The van der Waals surface area contributed by atoms with Gasteiger partial charge in [0.15, 0.2) is 0 Å². The minimum Gasteiger partial charge on any atom is -0.388 e. The molecule has 3 nitrogen and oxygen atoms in total. The third-order valence-electron chi connectivity index (χ3n) is 3.98. The maximum Gasteiger partial charge on any atom is 0.230 e. The van der Waals surface area contributed by atoms with Crippen molar-refractivity contribution in [1.82, 2.24) is 5.32 Å². The number of amides is 1. The highest BCUT2D eigenvalue weighted by molar-refractivity contribution is 6.30. The van der Waals surface area contributed by atoms with Crippen LogP contribution < -0.4 is 5.32 Å². The minimum absolute atomic E-state index is 0.0879. The molecule has 1 saturated carbocycles. The summed E-state index contributed by atoms with van der Waals surface area (Å²) in [6.45, 7) is 4.05. The Labute approximate surface area is 119 Å². The summed E-state index contributed by atoms with van der Waals surface area (Å²) in [7, 11) is 0. The van der Waals surface area contributed by atoms with Crippen LogP contribution in [0, 0.1) is 0 Å². The Morgan fingerprint density at radius 3 is 2.68 bits per heavy atom. The molecule has 104 valence electrons. The molecule has 1 amide bonds. The molecule has 0 radical (unpaired) electrons. The molecule has 19 heavy (non-hydrogen) atoms. The largest absolute Gasteiger partial charge is 0.388 e. The third-order valence-corrected chi connectivity index (χ3v) is 4.21. The predicted molar refractivity (Wildman–Crippen MR) is 76.3 cm³/mol. The van der Waals surface area contributed by atoms with Crippen molar-refractivity contribution < 1.29 is 9.90 Å². The average molecular weight is 282 g/mol. The van der Waals surface area contributed by atoms with E-state index in [2.05, 4.69) is 5.32 Å². The van der Waals surface area contributed by atoms with Crippen LogP contribution in [0.3, 0.4) is 0 Å². The van der Waals surface area contributed by atoms with Crippen molar-refractivity contribution in [3.05, 3.63) is 34.9 Å². The molecule has 0 aliphatic heterocycles. The van der Waals surface area contributed by atoms with Crippen molar-refractivity contribution >= 4 is 17.5 Å². The number of hydrogen-bond acceptors (Lipinski definition) is 2. The lowest BCUT2D eigenvalue weighted by molar-refractivity contribution is -0.128. The van der Waals surface area contributed by atoms with E-state index in [-0.39, 0.29) is 5.91 Å². The molecule has 1 aromatic rings. The van der Waals surface area contributed by atoms with E-state index in [1.54, 1.807) is 12.1 Å². The molecular weight excluding hydrogens is 262 g/mol. The Morgan fingerprint density at radius 1 is 1.47 bits per heavy atom. The van der Waals surface area contributed by atoms with Crippen LogP contribution in [0.4, 0.5) is 0 Å². The molecule has 1 fully saturated rings. The van der Waals surface area contributed by atoms with Gasteiger partial charge in [-0.15, -0.1) is 0 Å². The maximum atomic E-state index is 12.3. The molecule has 0 bridgehead atoms. The van der Waals surface area contributed by atoms with Gasteiger partial charge in [0.1, 0.15) is 0 Å². The van der Waals surface area contributed by atoms with Gasteiger partial charge in [-0.1, -0.05) is 23.7 Å². The predicted octanol–water partition coefficient (Wildman–Crippen LogP) is 2.65. The van der Waals surface area contributed by atoms with Crippen LogP contribution in [0.2, 0.25) is 5.02 Å². The van der Waals surface area contributed by atoms with E-state index in [1.165, 1.54) is 0 Å². The second-order valence-electron chi connectivity index (χ2n) is 5.90. The second-order valence-corrected chi connectivity index (χ2v) is 6.33. The SMILES string of the molecule is CC(C)(C(=O)NCC1(O)CCC1)c1cccc(Cl)c1. The van der Waals surface area contributed by atoms with Crippen molar-refractivity contribution in [3.8, 4) is 0 Å². The lowest BCUT2D eigenvalue weighted by Crippen LogP contribution is -2.51. The molecule has 2 N–H and O–H groups in total. The fraction of sp³-hybridized carbons (Fsp3) is 0.533. The van der Waals surface area contributed by atoms with Gasteiger partial charge in [0.25, 0.3) is 0 Å². The number of benzene rings is 1. The van der Waals surface area contributed by atoms with E-state index in [0.29, 0.717) is 11.6 Å². The first-order valence-corrected chi connectivity index (χ1v) is 6.98. The molecule has 2 rings (SSSR count). The molecule has 1 aromatic carbocycles. The first kappa shape index (κ1) is 14.4. The number of carbonyl (C=O) groups is 1. The van der Waals surface area contributed by atoms with Crippen molar-refractivity contribution in [2.75, 3.05) is 6.54 Å². The first-order valence-electron chi connectivity index (χ1n) is 6.60. The molecule has 0 saturated heterocycles. The van der Waals surface area contributed by atoms with Gasteiger partial charge in [-0.2, -0.15) is 0 Å². The molecule has 4 heteroatoms. The summed E-state index contributed by atoms with van der Waals surface area (Å²) in [6, 6.07) is 7.32. The number of nitrogens with one attached hydrogen (secondary N) is 1. The van der Waals surface area contributed by atoms with Crippen LogP contribution in [0.15, 0.2) is 24.3 Å². The highest BCUT2D eigenvalue weighted by Gasteiger charge is 2.37. The molecule has 0 aromatic heterocycles. The van der Waals surface area contributed by atoms with Crippen LogP contribution in [-0.2, 0) is 10.2 Å². The van der Waals surface area contributed by atoms with Gasteiger partial charge < -0.3 is 10.4 Å². The summed E-state index contributed by atoms with van der Waals surface area (Å²) in [5, 5.41) is 13.5. The van der Waals surface area contributed by atoms with Crippen molar-refractivity contribution in [3.63, 3.8) is 0 Å². The monoisotopic (exact) mass is 281 g/mol. The topological polar surface area (TPSA) is 49.3 Å². The Bertz CT molecular complexity index is 481. The highest BCUT2D eigenvalue weighted by atomic mass is 35.5. The summed E-state index contributed by atoms with van der Waals surface area (Å²) in [5.74, 6) is -0.0879. The lowest BCUT2D eigenvalue weighted by Gasteiger charge is -2.37. The molecule has 0 unspecified atom stereocenters. The quantitative estimate of drug-likeness (QED) is 0.891. The summed E-state index contributed by atoms with van der Waals surface area (Å²) < 4.78 is 0. The second kappa shape index (κ2) is 5.14. The van der Waals surface area contributed by atoms with E-state index in [4.69, 9.17) is 11.6 Å². The number of hydrogen-bond donors (Lipinski definition) is 2. The van der Waals surface area contributed by atoms with Gasteiger partial charge >= 0.3 is 0 Å². The summed E-state index contributed by atoms with van der Waals surface area (Å²) in [4.78, 5) is 12.3. The molecule has 1 aliphatic carbocycles. The van der Waals surface area contributed by atoms with E-state index >= 15 is 0 Å². The molecule has 0 atom stereocenters. The number of rotatable bonds is 4. The number of aliphatic hydroxyl groups is 1. The zero-order chi connectivity index (χ0) is 14.1. The smallest absolute Gasteiger partial charge is 0.230 e. The van der Waals surface area contributed by atoms with Crippen molar-refractivity contribution in [2.24, 2.45) is 0 Å².